The summed E-state index contributed by atoms with van der Waals surface area (Å²) >= 11 is 11.4. The summed E-state index contributed by atoms with van der Waals surface area (Å²) in [5.74, 6) is -0.0946. The lowest BCUT2D eigenvalue weighted by Crippen LogP contribution is -2.00. The summed E-state index contributed by atoms with van der Waals surface area (Å²) < 4.78 is 19.0. The van der Waals surface area contributed by atoms with E-state index in [1.54, 1.807) is 18.2 Å². The number of rotatable bonds is 4. The summed E-state index contributed by atoms with van der Waals surface area (Å²) in [6.45, 7) is 0.00543. The molecular formula is C14H9Cl2FO2. The largest absolute Gasteiger partial charge is 0.488 e. The van der Waals surface area contributed by atoms with E-state index in [1.165, 1.54) is 18.2 Å². The minimum atomic E-state index is -0.450. The lowest BCUT2D eigenvalue weighted by molar-refractivity contribution is 0.111. The summed E-state index contributed by atoms with van der Waals surface area (Å²) in [5, 5.41) is 0.758. The molecule has 0 N–H and O–H groups in total. The molecule has 5 heteroatoms. The number of hydrogen-bond donors (Lipinski definition) is 0. The molecule has 0 atom stereocenters. The van der Waals surface area contributed by atoms with E-state index in [2.05, 4.69) is 0 Å². The van der Waals surface area contributed by atoms with Crippen LogP contribution in [-0.2, 0) is 6.61 Å². The van der Waals surface area contributed by atoms with Crippen LogP contribution in [0, 0.1) is 5.82 Å². The number of aldehydes is 1. The van der Waals surface area contributed by atoms with Crippen molar-refractivity contribution in [3.05, 3.63) is 63.4 Å². The van der Waals surface area contributed by atoms with Gasteiger partial charge in [-0.3, -0.25) is 4.79 Å². The minimum Gasteiger partial charge on any atom is -0.488 e. The highest BCUT2D eigenvalue weighted by Gasteiger charge is 2.07. The van der Waals surface area contributed by atoms with Crippen molar-refractivity contribution in [2.45, 2.75) is 6.61 Å². The Morgan fingerprint density at radius 3 is 2.47 bits per heavy atom. The number of halogens is 3. The second kappa shape index (κ2) is 6.04. The molecule has 2 nitrogen and oxygen atoms in total. The molecule has 98 valence electrons. The number of ether oxygens (including phenoxy) is 1. The predicted molar refractivity (Wildman–Crippen MR) is 72.6 cm³/mol. The van der Waals surface area contributed by atoms with Crippen LogP contribution in [0.1, 0.15) is 15.9 Å². The van der Waals surface area contributed by atoms with Gasteiger partial charge in [-0.2, -0.15) is 0 Å². The van der Waals surface area contributed by atoms with Gasteiger partial charge in [0.15, 0.2) is 6.29 Å². The van der Waals surface area contributed by atoms with Gasteiger partial charge in [-0.05, 0) is 30.3 Å². The van der Waals surface area contributed by atoms with Gasteiger partial charge in [-0.15, -0.1) is 0 Å². The van der Waals surface area contributed by atoms with Crippen LogP contribution in [0.3, 0.4) is 0 Å². The Balaban J connectivity index is 2.16. The molecule has 19 heavy (non-hydrogen) atoms. The topological polar surface area (TPSA) is 26.3 Å². The monoisotopic (exact) mass is 298 g/mol. The van der Waals surface area contributed by atoms with Gasteiger partial charge in [0.25, 0.3) is 0 Å². The molecule has 0 aliphatic carbocycles. The van der Waals surface area contributed by atoms with Gasteiger partial charge in [0.05, 0.1) is 5.56 Å². The Kier molecular flexibility index (Phi) is 4.40. The maximum absolute atomic E-state index is 13.5. The van der Waals surface area contributed by atoms with Crippen LogP contribution >= 0.6 is 23.2 Å². The zero-order valence-electron chi connectivity index (χ0n) is 9.70. The van der Waals surface area contributed by atoms with Crippen molar-refractivity contribution < 1.29 is 13.9 Å². The fraction of sp³-hybridized carbons (Fsp3) is 0.0714. The molecule has 0 aliphatic heterocycles. The van der Waals surface area contributed by atoms with Crippen molar-refractivity contribution in [1.82, 2.24) is 0 Å². The lowest BCUT2D eigenvalue weighted by Gasteiger charge is -2.09. The first-order chi connectivity index (χ1) is 9.10. The highest BCUT2D eigenvalue weighted by molar-refractivity contribution is 6.31. The summed E-state index contributed by atoms with van der Waals surface area (Å²) in [6.07, 6.45) is 0.638. The maximum atomic E-state index is 13.5. The number of carbonyl (C=O) groups excluding carboxylic acids is 1. The van der Waals surface area contributed by atoms with Crippen molar-refractivity contribution in [3.8, 4) is 5.75 Å². The third kappa shape index (κ3) is 3.46. The summed E-state index contributed by atoms with van der Waals surface area (Å²) in [4.78, 5) is 10.9. The van der Waals surface area contributed by atoms with E-state index < -0.39 is 5.82 Å². The Labute approximate surface area is 119 Å². The van der Waals surface area contributed by atoms with E-state index in [1.807, 2.05) is 0 Å². The van der Waals surface area contributed by atoms with Crippen LogP contribution in [0.15, 0.2) is 36.4 Å². The highest BCUT2D eigenvalue weighted by Crippen LogP contribution is 2.23. The van der Waals surface area contributed by atoms with Crippen LogP contribution in [-0.4, -0.2) is 6.29 Å². The maximum Gasteiger partial charge on any atom is 0.153 e. The number of carbonyl (C=O) groups is 1. The zero-order valence-corrected chi connectivity index (χ0v) is 11.2. The molecule has 0 fully saturated rings. The number of hydrogen-bond acceptors (Lipinski definition) is 2. The Morgan fingerprint density at radius 1 is 1.11 bits per heavy atom. The summed E-state index contributed by atoms with van der Waals surface area (Å²) in [5.41, 5.74) is 0.679. The van der Waals surface area contributed by atoms with E-state index >= 15 is 0 Å². The molecule has 0 radical (unpaired) electrons. The molecule has 0 saturated heterocycles. The average molecular weight is 299 g/mol. The van der Waals surface area contributed by atoms with Gasteiger partial charge in [0.1, 0.15) is 18.2 Å². The van der Waals surface area contributed by atoms with Gasteiger partial charge >= 0.3 is 0 Å². The first kappa shape index (κ1) is 13.8. The van der Waals surface area contributed by atoms with Gasteiger partial charge in [0, 0.05) is 15.6 Å². The SMILES string of the molecule is O=Cc1cc(Cl)ccc1OCc1ccc(Cl)cc1F. The third-order valence-corrected chi connectivity index (χ3v) is 2.97. The smallest absolute Gasteiger partial charge is 0.153 e. The van der Waals surface area contributed by atoms with E-state index in [9.17, 15) is 9.18 Å². The molecule has 2 aromatic rings. The van der Waals surface area contributed by atoms with E-state index in [0.717, 1.165) is 0 Å². The van der Waals surface area contributed by atoms with Crippen molar-refractivity contribution in [1.29, 1.82) is 0 Å². The van der Waals surface area contributed by atoms with E-state index in [-0.39, 0.29) is 6.61 Å². The van der Waals surface area contributed by atoms with Crippen molar-refractivity contribution in [2.24, 2.45) is 0 Å². The molecule has 0 saturated carbocycles. The molecule has 0 unspecified atom stereocenters. The molecule has 2 aromatic carbocycles. The van der Waals surface area contributed by atoms with Gasteiger partial charge in [0.2, 0.25) is 0 Å². The normalized spacial score (nSPS) is 10.3. The molecule has 2 rings (SSSR count). The van der Waals surface area contributed by atoms with Gasteiger partial charge in [-0.25, -0.2) is 4.39 Å². The summed E-state index contributed by atoms with van der Waals surface area (Å²) in [6, 6.07) is 8.98. The summed E-state index contributed by atoms with van der Waals surface area (Å²) in [7, 11) is 0. The minimum absolute atomic E-state index is 0.00543. The Bertz CT molecular complexity index is 614. The first-order valence-electron chi connectivity index (χ1n) is 5.41. The van der Waals surface area contributed by atoms with Gasteiger partial charge in [-0.1, -0.05) is 29.3 Å². The quantitative estimate of drug-likeness (QED) is 0.776. The highest BCUT2D eigenvalue weighted by atomic mass is 35.5. The average Bonchev–Trinajstić information content (AvgIpc) is 2.39. The van der Waals surface area contributed by atoms with Gasteiger partial charge < -0.3 is 4.74 Å². The second-order valence-corrected chi connectivity index (χ2v) is 4.70. The number of benzene rings is 2. The van der Waals surface area contributed by atoms with Crippen LogP contribution < -0.4 is 4.74 Å². The van der Waals surface area contributed by atoms with E-state index in [0.29, 0.717) is 33.2 Å². The van der Waals surface area contributed by atoms with E-state index in [4.69, 9.17) is 27.9 Å². The van der Waals surface area contributed by atoms with Crippen molar-refractivity contribution in [2.75, 3.05) is 0 Å². The van der Waals surface area contributed by atoms with Crippen molar-refractivity contribution >= 4 is 29.5 Å². The van der Waals surface area contributed by atoms with Crippen LogP contribution in [0.5, 0.6) is 5.75 Å². The third-order valence-electron chi connectivity index (χ3n) is 2.50. The Morgan fingerprint density at radius 2 is 1.79 bits per heavy atom. The Hall–Kier alpha value is -1.58. The molecule has 0 bridgehead atoms. The predicted octanol–water partition coefficient (Wildman–Crippen LogP) is 4.52. The van der Waals surface area contributed by atoms with Crippen LogP contribution in [0.2, 0.25) is 10.0 Å². The molecule has 0 aromatic heterocycles. The molecule has 0 amide bonds. The standard InChI is InChI=1S/C14H9Cl2FO2/c15-11-3-4-14(10(5-11)7-18)19-8-9-1-2-12(16)6-13(9)17/h1-7H,8H2. The molecule has 0 spiro atoms. The lowest BCUT2D eigenvalue weighted by atomic mass is 10.2. The second-order valence-electron chi connectivity index (χ2n) is 3.82. The van der Waals surface area contributed by atoms with Crippen molar-refractivity contribution in [3.63, 3.8) is 0 Å². The first-order valence-corrected chi connectivity index (χ1v) is 6.17. The van der Waals surface area contributed by atoms with Crippen LogP contribution in [0.25, 0.3) is 0 Å². The fourth-order valence-corrected chi connectivity index (χ4v) is 1.88. The molecule has 0 aliphatic rings. The fourth-order valence-electron chi connectivity index (χ4n) is 1.54. The molecule has 0 heterocycles. The molecular weight excluding hydrogens is 290 g/mol. The zero-order chi connectivity index (χ0) is 13.8. The van der Waals surface area contributed by atoms with Crippen LogP contribution in [0.4, 0.5) is 4.39 Å².